The normalized spacial score (nSPS) is 11.7. The topological polar surface area (TPSA) is 145 Å². The van der Waals surface area contributed by atoms with E-state index in [2.05, 4.69) is 9.46 Å². The molecule has 0 fully saturated rings. The summed E-state index contributed by atoms with van der Waals surface area (Å²) in [6.45, 7) is 1.56. The van der Waals surface area contributed by atoms with Gasteiger partial charge in [-0.25, -0.2) is 23.1 Å². The number of nitrogens with one attached hydrogen (secondary N) is 2. The number of amides is 1. The van der Waals surface area contributed by atoms with Gasteiger partial charge in [-0.3, -0.25) is 4.72 Å². The van der Waals surface area contributed by atoms with E-state index in [4.69, 9.17) is 5.14 Å². The molecular formula is C10H15N3O6S2. The van der Waals surface area contributed by atoms with E-state index in [1.807, 2.05) is 0 Å². The Morgan fingerprint density at radius 1 is 1.19 bits per heavy atom. The second-order valence-electron chi connectivity index (χ2n) is 3.93. The summed E-state index contributed by atoms with van der Waals surface area (Å²) in [6.07, 6.45) is -1.10. The molecule has 21 heavy (non-hydrogen) atoms. The van der Waals surface area contributed by atoms with Crippen molar-refractivity contribution < 1.29 is 26.4 Å². The highest BCUT2D eigenvalue weighted by molar-refractivity contribution is 7.91. The Labute approximate surface area is 122 Å². The first-order valence-electron chi connectivity index (χ1n) is 5.68. The third-order valence-corrected chi connectivity index (χ3v) is 3.74. The highest BCUT2D eigenvalue weighted by atomic mass is 32.2. The Morgan fingerprint density at radius 2 is 1.76 bits per heavy atom. The van der Waals surface area contributed by atoms with Crippen LogP contribution in [0.1, 0.15) is 12.5 Å². The fourth-order valence-corrected chi connectivity index (χ4v) is 2.79. The van der Waals surface area contributed by atoms with Crippen molar-refractivity contribution in [2.75, 3.05) is 11.3 Å². The lowest BCUT2D eigenvalue weighted by molar-refractivity contribution is 0.159. The van der Waals surface area contributed by atoms with Crippen LogP contribution in [0.5, 0.6) is 0 Å². The largest absolute Gasteiger partial charge is 0.449 e. The van der Waals surface area contributed by atoms with Crippen LogP contribution in [0, 0.1) is 0 Å². The van der Waals surface area contributed by atoms with Crippen LogP contribution in [0.25, 0.3) is 0 Å². The first-order valence-corrected chi connectivity index (χ1v) is 8.88. The molecule has 0 spiro atoms. The lowest BCUT2D eigenvalue weighted by Crippen LogP contribution is -2.35. The molecule has 1 rings (SSSR count). The molecule has 0 aliphatic carbocycles. The van der Waals surface area contributed by atoms with Gasteiger partial charge in [0.2, 0.25) is 10.0 Å². The minimum atomic E-state index is -4.12. The maximum Gasteiger partial charge on any atom is 0.422 e. The minimum Gasteiger partial charge on any atom is -0.449 e. The molecule has 0 unspecified atom stereocenters. The SMILES string of the molecule is CCOC(=O)NS(=O)(=O)Nc1ccc(CS(N)(=O)=O)cc1. The molecule has 118 valence electrons. The van der Waals surface area contributed by atoms with Crippen molar-refractivity contribution in [1.82, 2.24) is 4.72 Å². The van der Waals surface area contributed by atoms with Crippen LogP contribution < -0.4 is 14.6 Å². The number of hydrogen-bond acceptors (Lipinski definition) is 6. The van der Waals surface area contributed by atoms with Crippen molar-refractivity contribution in [3.63, 3.8) is 0 Å². The van der Waals surface area contributed by atoms with E-state index in [0.29, 0.717) is 5.56 Å². The fourth-order valence-electron chi connectivity index (χ4n) is 1.35. The van der Waals surface area contributed by atoms with Crippen LogP contribution in [0.4, 0.5) is 10.5 Å². The van der Waals surface area contributed by atoms with Gasteiger partial charge in [0.15, 0.2) is 0 Å². The molecule has 0 saturated carbocycles. The van der Waals surface area contributed by atoms with Crippen molar-refractivity contribution in [3.05, 3.63) is 29.8 Å². The number of nitrogens with two attached hydrogens (primary N) is 1. The zero-order chi connectivity index (χ0) is 16.1. The third-order valence-electron chi connectivity index (χ3n) is 2.07. The van der Waals surface area contributed by atoms with Crippen LogP contribution in [-0.2, 0) is 30.7 Å². The second-order valence-corrected chi connectivity index (χ2v) is 6.96. The van der Waals surface area contributed by atoms with Gasteiger partial charge in [-0.05, 0) is 24.6 Å². The molecule has 0 heterocycles. The average molecular weight is 337 g/mol. The lowest BCUT2D eigenvalue weighted by atomic mass is 10.2. The van der Waals surface area contributed by atoms with Crippen molar-refractivity contribution >= 4 is 32.0 Å². The van der Waals surface area contributed by atoms with Crippen molar-refractivity contribution in [2.45, 2.75) is 12.7 Å². The smallest absolute Gasteiger partial charge is 0.422 e. The number of benzene rings is 1. The molecule has 0 aliphatic heterocycles. The van der Waals surface area contributed by atoms with Gasteiger partial charge in [0.05, 0.1) is 18.0 Å². The zero-order valence-electron chi connectivity index (χ0n) is 11.1. The third kappa shape index (κ3) is 6.92. The van der Waals surface area contributed by atoms with E-state index >= 15 is 0 Å². The highest BCUT2D eigenvalue weighted by Crippen LogP contribution is 2.12. The highest BCUT2D eigenvalue weighted by Gasteiger charge is 2.15. The molecule has 0 radical (unpaired) electrons. The van der Waals surface area contributed by atoms with Gasteiger partial charge in [-0.2, -0.15) is 8.42 Å². The summed E-state index contributed by atoms with van der Waals surface area (Å²) < 4.78 is 53.1. The molecule has 0 atom stereocenters. The quantitative estimate of drug-likeness (QED) is 0.660. The Kier molecular flexibility index (Phi) is 5.52. The summed E-state index contributed by atoms with van der Waals surface area (Å²) in [7, 11) is -7.78. The van der Waals surface area contributed by atoms with Crippen LogP contribution in [0.2, 0.25) is 0 Å². The van der Waals surface area contributed by atoms with E-state index in [1.165, 1.54) is 31.2 Å². The Hall–Kier alpha value is -1.85. The van der Waals surface area contributed by atoms with Crippen molar-refractivity contribution in [3.8, 4) is 0 Å². The summed E-state index contributed by atoms with van der Waals surface area (Å²) in [5, 5.41) is 4.89. The Balaban J connectivity index is 2.73. The maximum atomic E-state index is 11.6. The zero-order valence-corrected chi connectivity index (χ0v) is 12.7. The number of carbonyl (C=O) groups is 1. The summed E-state index contributed by atoms with van der Waals surface area (Å²) in [6, 6.07) is 5.47. The summed E-state index contributed by atoms with van der Waals surface area (Å²) >= 11 is 0. The minimum absolute atomic E-state index is 0.0314. The van der Waals surface area contributed by atoms with Gasteiger partial charge >= 0.3 is 16.3 Å². The first-order chi connectivity index (χ1) is 9.61. The molecule has 0 aromatic heterocycles. The Morgan fingerprint density at radius 3 is 2.24 bits per heavy atom. The summed E-state index contributed by atoms with van der Waals surface area (Å²) in [5.41, 5.74) is 0.545. The number of carbonyl (C=O) groups excluding carboxylic acids is 1. The predicted molar refractivity (Wildman–Crippen MR) is 76.0 cm³/mol. The number of ether oxygens (including phenoxy) is 1. The Bertz CT molecular complexity index is 697. The maximum absolute atomic E-state index is 11.6. The molecule has 4 N–H and O–H groups in total. The molecule has 0 aliphatic rings. The van der Waals surface area contributed by atoms with Gasteiger partial charge in [-0.1, -0.05) is 12.1 Å². The fraction of sp³-hybridized carbons (Fsp3) is 0.300. The molecule has 1 aromatic rings. The standard InChI is InChI=1S/C10H15N3O6S2/c1-2-19-10(14)13-21(17,18)12-9-5-3-8(4-6-9)7-20(11,15)16/h3-6,12H,2,7H2,1H3,(H,13,14)(H2,11,15,16). The number of anilines is 1. The van der Waals surface area contributed by atoms with Crippen LogP contribution in [-0.4, -0.2) is 29.5 Å². The average Bonchev–Trinajstić information content (AvgIpc) is 2.29. The number of hydrogen-bond donors (Lipinski definition) is 3. The van der Waals surface area contributed by atoms with E-state index in [1.54, 1.807) is 4.72 Å². The predicted octanol–water partition coefficient (Wildman–Crippen LogP) is -0.122. The lowest BCUT2D eigenvalue weighted by Gasteiger charge is -2.09. The molecule has 1 amide bonds. The van der Waals surface area contributed by atoms with Gasteiger partial charge < -0.3 is 4.74 Å². The van der Waals surface area contributed by atoms with Crippen LogP contribution in [0.3, 0.4) is 0 Å². The number of primary sulfonamides is 1. The number of sulfonamides is 1. The van der Waals surface area contributed by atoms with Gasteiger partial charge in [0.25, 0.3) is 0 Å². The van der Waals surface area contributed by atoms with E-state index < -0.39 is 26.3 Å². The van der Waals surface area contributed by atoms with Gasteiger partial charge in [-0.15, -0.1) is 0 Å². The van der Waals surface area contributed by atoms with Gasteiger partial charge in [0.1, 0.15) is 0 Å². The van der Waals surface area contributed by atoms with Crippen molar-refractivity contribution in [1.29, 1.82) is 0 Å². The van der Waals surface area contributed by atoms with E-state index in [0.717, 1.165) is 0 Å². The summed E-state index contributed by atoms with van der Waals surface area (Å²) in [4.78, 5) is 11.0. The van der Waals surface area contributed by atoms with E-state index in [9.17, 15) is 21.6 Å². The number of rotatable bonds is 6. The molecular weight excluding hydrogens is 322 g/mol. The molecule has 0 saturated heterocycles. The monoisotopic (exact) mass is 337 g/mol. The van der Waals surface area contributed by atoms with Crippen molar-refractivity contribution in [2.24, 2.45) is 5.14 Å². The molecule has 9 nitrogen and oxygen atoms in total. The summed E-state index contributed by atoms with van der Waals surface area (Å²) in [5.74, 6) is -0.360. The first kappa shape index (κ1) is 17.2. The van der Waals surface area contributed by atoms with E-state index in [-0.39, 0.29) is 18.0 Å². The second kappa shape index (κ2) is 6.74. The van der Waals surface area contributed by atoms with Crippen LogP contribution >= 0.6 is 0 Å². The molecule has 0 bridgehead atoms. The van der Waals surface area contributed by atoms with Crippen LogP contribution in [0.15, 0.2) is 24.3 Å². The van der Waals surface area contributed by atoms with Gasteiger partial charge in [0, 0.05) is 0 Å². The molecule has 1 aromatic carbocycles. The molecule has 11 heteroatoms.